The lowest BCUT2D eigenvalue weighted by atomic mass is 10.1. The predicted octanol–water partition coefficient (Wildman–Crippen LogP) is 2.15. The molecule has 33 heavy (non-hydrogen) atoms. The first-order valence-electron chi connectivity index (χ1n) is 11.4. The Morgan fingerprint density at radius 2 is 1.97 bits per heavy atom. The number of H-pyrrole nitrogens is 1. The Morgan fingerprint density at radius 3 is 2.67 bits per heavy atom. The number of carbonyl (C=O) groups is 2. The van der Waals surface area contributed by atoms with E-state index in [-0.39, 0.29) is 29.7 Å². The number of carbonyl (C=O) groups excluding carboxylic acids is 2. The fraction of sp³-hybridized carbons (Fsp3) is 0.500. The van der Waals surface area contributed by atoms with Crippen LogP contribution < -0.4 is 21.1 Å². The number of aromatic nitrogens is 2. The summed E-state index contributed by atoms with van der Waals surface area (Å²) in [7, 11) is 0. The van der Waals surface area contributed by atoms with Crippen molar-refractivity contribution < 1.29 is 14.3 Å². The molecule has 0 aliphatic carbocycles. The number of aryl methyl sites for hydroxylation is 1. The maximum atomic E-state index is 12.6. The lowest BCUT2D eigenvalue weighted by Crippen LogP contribution is -2.38. The molecule has 2 amide bonds. The zero-order valence-electron chi connectivity index (χ0n) is 19.6. The number of nitrogens with one attached hydrogen (secondary N) is 3. The highest BCUT2D eigenvalue weighted by molar-refractivity contribution is 5.90. The van der Waals surface area contributed by atoms with Gasteiger partial charge in [0.15, 0.2) is 0 Å². The number of rotatable bonds is 9. The van der Waals surface area contributed by atoms with Crippen LogP contribution in [-0.2, 0) is 27.3 Å². The number of hydrogen-bond donors (Lipinski definition) is 3. The van der Waals surface area contributed by atoms with Crippen molar-refractivity contribution >= 4 is 23.5 Å². The second-order valence-corrected chi connectivity index (χ2v) is 8.68. The number of anilines is 2. The molecule has 0 bridgehead atoms. The highest BCUT2D eigenvalue weighted by Gasteiger charge is 2.17. The van der Waals surface area contributed by atoms with Crippen molar-refractivity contribution in [1.29, 1.82) is 0 Å². The average Bonchev–Trinajstić information content (AvgIpc) is 2.77. The summed E-state index contributed by atoms with van der Waals surface area (Å²) in [6.07, 6.45) is 0.962. The fourth-order valence-corrected chi connectivity index (χ4v) is 3.68. The van der Waals surface area contributed by atoms with Gasteiger partial charge in [-0.3, -0.25) is 19.4 Å². The minimum atomic E-state index is -0.207. The SMILES string of the molecule is Cc1nc(N2CCOCC2)[nH]c(=O)c1CCC(=O)NCc1cccc(NC(=O)CC(C)C)c1. The van der Waals surface area contributed by atoms with Crippen LogP contribution in [0.15, 0.2) is 29.1 Å². The van der Waals surface area contributed by atoms with Crippen molar-refractivity contribution in [3.05, 3.63) is 51.4 Å². The van der Waals surface area contributed by atoms with E-state index in [0.29, 0.717) is 68.6 Å². The van der Waals surface area contributed by atoms with E-state index in [1.807, 2.05) is 43.0 Å². The molecule has 0 radical (unpaired) electrons. The molecular formula is C24H33N5O4. The van der Waals surface area contributed by atoms with Crippen LogP contribution in [0.4, 0.5) is 11.6 Å². The van der Waals surface area contributed by atoms with E-state index in [4.69, 9.17) is 4.74 Å². The maximum absolute atomic E-state index is 12.6. The highest BCUT2D eigenvalue weighted by Crippen LogP contribution is 2.13. The molecule has 1 fully saturated rings. The van der Waals surface area contributed by atoms with Crippen molar-refractivity contribution in [2.45, 2.75) is 46.6 Å². The molecule has 1 aliphatic heterocycles. The van der Waals surface area contributed by atoms with E-state index >= 15 is 0 Å². The normalized spacial score (nSPS) is 13.8. The van der Waals surface area contributed by atoms with Crippen molar-refractivity contribution in [3.63, 3.8) is 0 Å². The van der Waals surface area contributed by atoms with Crippen LogP contribution in [0.3, 0.4) is 0 Å². The van der Waals surface area contributed by atoms with Gasteiger partial charge in [0.25, 0.3) is 5.56 Å². The number of morpholine rings is 1. The van der Waals surface area contributed by atoms with Gasteiger partial charge >= 0.3 is 0 Å². The average molecular weight is 456 g/mol. The summed E-state index contributed by atoms with van der Waals surface area (Å²) in [5.74, 6) is 0.656. The Balaban J connectivity index is 1.51. The Morgan fingerprint density at radius 1 is 1.21 bits per heavy atom. The van der Waals surface area contributed by atoms with Gasteiger partial charge in [-0.25, -0.2) is 4.98 Å². The first-order valence-corrected chi connectivity index (χ1v) is 11.4. The van der Waals surface area contributed by atoms with Gasteiger partial charge in [-0.1, -0.05) is 26.0 Å². The molecule has 9 nitrogen and oxygen atoms in total. The molecule has 1 aromatic heterocycles. The summed E-state index contributed by atoms with van der Waals surface area (Å²) < 4.78 is 5.34. The van der Waals surface area contributed by atoms with Gasteiger partial charge in [0.1, 0.15) is 0 Å². The highest BCUT2D eigenvalue weighted by atomic mass is 16.5. The molecule has 1 aromatic carbocycles. The number of ether oxygens (including phenoxy) is 1. The standard InChI is InChI=1S/C24H33N5O4/c1-16(2)13-22(31)27-19-6-4-5-18(14-19)15-25-21(30)8-7-20-17(3)26-24(28-23(20)32)29-9-11-33-12-10-29/h4-6,14,16H,7-13,15H2,1-3H3,(H,25,30)(H,27,31)(H,26,28,32). The number of benzene rings is 1. The van der Waals surface area contributed by atoms with Crippen LogP contribution in [-0.4, -0.2) is 48.1 Å². The van der Waals surface area contributed by atoms with Crippen LogP contribution >= 0.6 is 0 Å². The number of amides is 2. The molecule has 1 aliphatic rings. The minimum Gasteiger partial charge on any atom is -0.378 e. The van der Waals surface area contributed by atoms with E-state index in [1.165, 1.54) is 0 Å². The van der Waals surface area contributed by atoms with E-state index in [9.17, 15) is 14.4 Å². The summed E-state index contributed by atoms with van der Waals surface area (Å²) in [6, 6.07) is 7.41. The predicted molar refractivity (Wildman–Crippen MR) is 127 cm³/mol. The molecule has 9 heteroatoms. The Bertz CT molecular complexity index is 1030. The third kappa shape index (κ3) is 7.42. The van der Waals surface area contributed by atoms with Gasteiger partial charge in [-0.2, -0.15) is 0 Å². The Labute approximate surface area is 193 Å². The molecule has 0 spiro atoms. The molecular weight excluding hydrogens is 422 g/mol. The van der Waals surface area contributed by atoms with Gasteiger partial charge in [0.2, 0.25) is 17.8 Å². The van der Waals surface area contributed by atoms with Crippen LogP contribution in [0.25, 0.3) is 0 Å². The van der Waals surface area contributed by atoms with Gasteiger partial charge in [-0.05, 0) is 37.0 Å². The van der Waals surface area contributed by atoms with Crippen molar-refractivity contribution in [2.75, 3.05) is 36.5 Å². The smallest absolute Gasteiger partial charge is 0.255 e. The molecule has 2 aromatic rings. The van der Waals surface area contributed by atoms with Crippen molar-refractivity contribution in [1.82, 2.24) is 15.3 Å². The van der Waals surface area contributed by atoms with Gasteiger partial charge < -0.3 is 20.3 Å². The van der Waals surface area contributed by atoms with Crippen molar-refractivity contribution in [2.24, 2.45) is 5.92 Å². The molecule has 1 saturated heterocycles. The monoisotopic (exact) mass is 455 g/mol. The van der Waals surface area contributed by atoms with Crippen LogP contribution in [0.2, 0.25) is 0 Å². The zero-order chi connectivity index (χ0) is 23.8. The summed E-state index contributed by atoms with van der Waals surface area (Å²) in [4.78, 5) is 46.3. The maximum Gasteiger partial charge on any atom is 0.255 e. The van der Waals surface area contributed by atoms with Crippen LogP contribution in [0, 0.1) is 12.8 Å². The Kier molecular flexibility index (Phi) is 8.59. The third-order valence-electron chi connectivity index (χ3n) is 5.42. The zero-order valence-corrected chi connectivity index (χ0v) is 19.6. The first kappa shape index (κ1) is 24.4. The number of aromatic amines is 1. The summed E-state index contributed by atoms with van der Waals surface area (Å²) >= 11 is 0. The third-order valence-corrected chi connectivity index (χ3v) is 5.42. The van der Waals surface area contributed by atoms with Gasteiger partial charge in [0.05, 0.1) is 13.2 Å². The van der Waals surface area contributed by atoms with Gasteiger partial charge in [0, 0.05) is 49.4 Å². The number of nitrogens with zero attached hydrogens (tertiary/aromatic N) is 2. The molecule has 0 saturated carbocycles. The van der Waals surface area contributed by atoms with E-state index in [1.54, 1.807) is 6.92 Å². The topological polar surface area (TPSA) is 116 Å². The second kappa shape index (κ2) is 11.6. The lowest BCUT2D eigenvalue weighted by molar-refractivity contribution is -0.121. The van der Waals surface area contributed by atoms with E-state index in [0.717, 1.165) is 5.56 Å². The first-order chi connectivity index (χ1) is 15.8. The molecule has 3 N–H and O–H groups in total. The van der Waals surface area contributed by atoms with Crippen LogP contribution in [0.5, 0.6) is 0 Å². The molecule has 0 unspecified atom stereocenters. The summed E-state index contributed by atoms with van der Waals surface area (Å²) in [5, 5.41) is 5.76. The van der Waals surface area contributed by atoms with E-state index < -0.39 is 0 Å². The molecule has 2 heterocycles. The largest absolute Gasteiger partial charge is 0.378 e. The Hall–Kier alpha value is -3.20. The quantitative estimate of drug-likeness (QED) is 0.534. The summed E-state index contributed by atoms with van der Waals surface area (Å²) in [6.45, 7) is 8.72. The minimum absolute atomic E-state index is 0.0278. The molecule has 178 valence electrons. The second-order valence-electron chi connectivity index (χ2n) is 8.68. The molecule has 3 rings (SSSR count). The van der Waals surface area contributed by atoms with E-state index in [2.05, 4.69) is 20.6 Å². The fourth-order valence-electron chi connectivity index (χ4n) is 3.68. The van der Waals surface area contributed by atoms with Crippen molar-refractivity contribution in [3.8, 4) is 0 Å². The number of hydrogen-bond acceptors (Lipinski definition) is 6. The van der Waals surface area contributed by atoms with Crippen LogP contribution in [0.1, 0.15) is 43.5 Å². The lowest BCUT2D eigenvalue weighted by Gasteiger charge is -2.27. The van der Waals surface area contributed by atoms with Gasteiger partial charge in [-0.15, -0.1) is 0 Å². The molecule has 0 atom stereocenters. The summed E-state index contributed by atoms with van der Waals surface area (Å²) in [5.41, 5.74) is 2.55.